The predicted molar refractivity (Wildman–Crippen MR) is 144 cm³/mol. The number of piperidine rings is 1. The number of benzene rings is 1. The smallest absolute Gasteiger partial charge is 0.337 e. The van der Waals surface area contributed by atoms with Crippen molar-refractivity contribution in [1.82, 2.24) is 15.2 Å². The summed E-state index contributed by atoms with van der Waals surface area (Å²) in [6.07, 6.45) is 3.44. The summed E-state index contributed by atoms with van der Waals surface area (Å²) in [5, 5.41) is 5.84. The topological polar surface area (TPSA) is 104 Å². The number of nitrogens with zero attached hydrogens (tertiary/aromatic N) is 4. The van der Waals surface area contributed by atoms with Crippen LogP contribution in [0.2, 0.25) is 0 Å². The second-order valence-corrected chi connectivity index (χ2v) is 10.6. The largest absolute Gasteiger partial charge is 0.463 e. The molecule has 0 saturated carbocycles. The standard InChI is InChI=1S/C27H32FN5O4S/c1-4-37-26(36)22-12-30-24(25-29-8-10-38-25)31-23(22)15-32-9-7-27(3,28)20(13-32)14-33(17-35)21-6-5-19(16-34)18(2)11-21/h5-6,8,10-11,16-17,20H,4,7,9,12-15H2,1-3H3,(H,30,31). The highest BCUT2D eigenvalue weighted by atomic mass is 32.1. The molecule has 2 atom stereocenters. The molecular formula is C27H32FN5O4S. The van der Waals surface area contributed by atoms with E-state index in [1.165, 1.54) is 16.2 Å². The quantitative estimate of drug-likeness (QED) is 0.364. The number of alkyl halides is 1. The zero-order valence-corrected chi connectivity index (χ0v) is 22.6. The van der Waals surface area contributed by atoms with Crippen LogP contribution in [0.25, 0.3) is 0 Å². The molecule has 2 aromatic rings. The molecule has 0 aliphatic carbocycles. The van der Waals surface area contributed by atoms with Gasteiger partial charge in [0, 0.05) is 60.6 Å². The van der Waals surface area contributed by atoms with Crippen molar-refractivity contribution in [3.63, 3.8) is 0 Å². The van der Waals surface area contributed by atoms with Crippen molar-refractivity contribution in [2.75, 3.05) is 44.2 Å². The highest BCUT2D eigenvalue weighted by molar-refractivity contribution is 7.11. The summed E-state index contributed by atoms with van der Waals surface area (Å²) in [5.41, 5.74) is 1.53. The Labute approximate surface area is 225 Å². The summed E-state index contributed by atoms with van der Waals surface area (Å²) < 4.78 is 21.0. The fourth-order valence-electron chi connectivity index (χ4n) is 4.72. The molecule has 11 heteroatoms. The van der Waals surface area contributed by atoms with Gasteiger partial charge in [0.15, 0.2) is 10.8 Å². The van der Waals surface area contributed by atoms with E-state index in [9.17, 15) is 14.4 Å². The summed E-state index contributed by atoms with van der Waals surface area (Å²) >= 11 is 1.44. The van der Waals surface area contributed by atoms with Crippen LogP contribution in [0.15, 0.2) is 46.0 Å². The lowest BCUT2D eigenvalue weighted by Crippen LogP contribution is -2.53. The van der Waals surface area contributed by atoms with E-state index in [0.717, 1.165) is 16.9 Å². The maximum atomic E-state index is 15.7. The number of aromatic nitrogens is 1. The molecule has 1 saturated heterocycles. The van der Waals surface area contributed by atoms with Crippen LogP contribution in [0.1, 0.15) is 41.2 Å². The first-order chi connectivity index (χ1) is 18.2. The molecule has 1 amide bonds. The van der Waals surface area contributed by atoms with Crippen LogP contribution in [0.5, 0.6) is 0 Å². The van der Waals surface area contributed by atoms with Crippen LogP contribution < -0.4 is 10.2 Å². The number of anilines is 1. The SMILES string of the molecule is CCOC(=O)C1=C(CN2CCC(C)(F)C(CN(C=O)c3ccc(C=O)c(C)c3)C2)NC(c2nccs2)=NC1. The average molecular weight is 542 g/mol. The van der Waals surface area contributed by atoms with Gasteiger partial charge in [0.25, 0.3) is 0 Å². The number of aliphatic imine (C=N–C) groups is 1. The van der Waals surface area contributed by atoms with Gasteiger partial charge in [0.1, 0.15) is 12.0 Å². The maximum absolute atomic E-state index is 15.7. The third-order valence-electron chi connectivity index (χ3n) is 7.07. The van der Waals surface area contributed by atoms with Crippen LogP contribution in [0, 0.1) is 12.8 Å². The van der Waals surface area contributed by atoms with Crippen molar-refractivity contribution in [3.8, 4) is 0 Å². The lowest BCUT2D eigenvalue weighted by molar-refractivity contribution is -0.138. The minimum atomic E-state index is -1.48. The van der Waals surface area contributed by atoms with Crippen molar-refractivity contribution in [2.45, 2.75) is 32.9 Å². The van der Waals surface area contributed by atoms with E-state index in [0.29, 0.717) is 54.4 Å². The zero-order valence-electron chi connectivity index (χ0n) is 21.8. The van der Waals surface area contributed by atoms with Gasteiger partial charge >= 0.3 is 5.97 Å². The number of thiazole rings is 1. The van der Waals surface area contributed by atoms with Gasteiger partial charge in [-0.3, -0.25) is 19.5 Å². The van der Waals surface area contributed by atoms with E-state index in [1.807, 2.05) is 5.38 Å². The molecule has 4 rings (SSSR count). The summed E-state index contributed by atoms with van der Waals surface area (Å²) in [5.74, 6) is -0.315. The van der Waals surface area contributed by atoms with Gasteiger partial charge in [-0.25, -0.2) is 14.2 Å². The zero-order chi connectivity index (χ0) is 27.3. The van der Waals surface area contributed by atoms with E-state index in [4.69, 9.17) is 4.74 Å². The molecule has 2 aliphatic heterocycles. The van der Waals surface area contributed by atoms with Crippen molar-refractivity contribution in [2.24, 2.45) is 10.9 Å². The third-order valence-corrected chi connectivity index (χ3v) is 7.85. The molecule has 1 aromatic heterocycles. The lowest BCUT2D eigenvalue weighted by atomic mass is 9.83. The number of carbonyl (C=O) groups is 3. The summed E-state index contributed by atoms with van der Waals surface area (Å²) in [4.78, 5) is 48.3. The number of likely N-dealkylation sites (tertiary alicyclic amines) is 1. The van der Waals surface area contributed by atoms with Gasteiger partial charge in [-0.05, 0) is 51.0 Å². The third kappa shape index (κ3) is 6.16. The Morgan fingerprint density at radius 2 is 2.21 bits per heavy atom. The maximum Gasteiger partial charge on any atom is 0.337 e. The van der Waals surface area contributed by atoms with Crippen molar-refractivity contribution in [3.05, 3.63) is 57.2 Å². The number of halogens is 1. The Balaban J connectivity index is 1.52. The lowest BCUT2D eigenvalue weighted by Gasteiger charge is -2.43. The Morgan fingerprint density at radius 1 is 1.39 bits per heavy atom. The number of rotatable bonds is 10. The van der Waals surface area contributed by atoms with Gasteiger partial charge in [0.05, 0.1) is 18.7 Å². The number of amidine groups is 1. The number of amides is 1. The normalized spacial score (nSPS) is 21.9. The molecule has 0 radical (unpaired) electrons. The molecule has 1 aromatic carbocycles. The fourth-order valence-corrected chi connectivity index (χ4v) is 5.32. The Kier molecular flexibility index (Phi) is 8.68. The predicted octanol–water partition coefficient (Wildman–Crippen LogP) is 3.14. The van der Waals surface area contributed by atoms with Crippen LogP contribution in [-0.4, -0.2) is 79.4 Å². The number of aryl methyl sites for hydroxylation is 1. The molecule has 2 unspecified atom stereocenters. The number of nitrogens with one attached hydrogen (secondary N) is 1. The first kappa shape index (κ1) is 27.6. The Hall–Kier alpha value is -3.44. The van der Waals surface area contributed by atoms with Crippen molar-refractivity contribution < 1.29 is 23.5 Å². The molecule has 202 valence electrons. The first-order valence-corrected chi connectivity index (χ1v) is 13.4. The number of esters is 1. The monoisotopic (exact) mass is 541 g/mol. The number of hydrogen-bond acceptors (Lipinski definition) is 9. The fraction of sp³-hybridized carbons (Fsp3) is 0.444. The van der Waals surface area contributed by atoms with Crippen molar-refractivity contribution >= 4 is 41.5 Å². The van der Waals surface area contributed by atoms with E-state index < -0.39 is 17.6 Å². The van der Waals surface area contributed by atoms with E-state index in [1.54, 1.807) is 45.2 Å². The number of carbonyl (C=O) groups excluding carboxylic acids is 3. The van der Waals surface area contributed by atoms with Crippen LogP contribution in [-0.2, 0) is 14.3 Å². The van der Waals surface area contributed by atoms with Gasteiger partial charge in [-0.2, -0.15) is 0 Å². The molecule has 38 heavy (non-hydrogen) atoms. The second kappa shape index (κ2) is 12.0. The molecule has 9 nitrogen and oxygen atoms in total. The first-order valence-electron chi connectivity index (χ1n) is 12.5. The molecule has 1 N–H and O–H groups in total. The summed E-state index contributed by atoms with van der Waals surface area (Å²) in [6, 6.07) is 5.12. The van der Waals surface area contributed by atoms with Gasteiger partial charge in [-0.15, -0.1) is 11.3 Å². The van der Waals surface area contributed by atoms with Crippen LogP contribution in [0.4, 0.5) is 10.1 Å². The average Bonchev–Trinajstić information content (AvgIpc) is 3.44. The van der Waals surface area contributed by atoms with E-state index >= 15 is 4.39 Å². The van der Waals surface area contributed by atoms with Gasteiger partial charge < -0.3 is 15.0 Å². The van der Waals surface area contributed by atoms with Crippen LogP contribution in [0.3, 0.4) is 0 Å². The number of aldehydes is 1. The summed E-state index contributed by atoms with van der Waals surface area (Å²) in [6.45, 7) is 6.97. The Morgan fingerprint density at radius 3 is 2.87 bits per heavy atom. The minimum absolute atomic E-state index is 0.170. The highest BCUT2D eigenvalue weighted by Gasteiger charge is 2.41. The highest BCUT2D eigenvalue weighted by Crippen LogP contribution is 2.34. The molecular weight excluding hydrogens is 509 g/mol. The van der Waals surface area contributed by atoms with Gasteiger partial charge in [-0.1, -0.05) is 0 Å². The minimum Gasteiger partial charge on any atom is -0.463 e. The molecule has 0 bridgehead atoms. The molecule has 0 spiro atoms. The number of ether oxygens (including phenoxy) is 1. The summed E-state index contributed by atoms with van der Waals surface area (Å²) in [7, 11) is 0. The molecule has 2 aliphatic rings. The Bertz CT molecular complexity index is 1240. The molecule has 1 fully saturated rings. The second-order valence-electron chi connectivity index (χ2n) is 9.68. The number of hydrogen-bond donors (Lipinski definition) is 1. The van der Waals surface area contributed by atoms with E-state index in [-0.39, 0.29) is 26.1 Å². The van der Waals surface area contributed by atoms with Crippen LogP contribution >= 0.6 is 11.3 Å². The van der Waals surface area contributed by atoms with Crippen molar-refractivity contribution in [1.29, 1.82) is 0 Å². The molecule has 3 heterocycles. The van der Waals surface area contributed by atoms with E-state index in [2.05, 4.69) is 20.2 Å². The van der Waals surface area contributed by atoms with Gasteiger partial charge in [0.2, 0.25) is 6.41 Å².